The molecule has 4 rings (SSSR count). The third-order valence-electron chi connectivity index (χ3n) is 4.19. The van der Waals surface area contributed by atoms with E-state index in [9.17, 15) is 9.90 Å². The molecule has 24 heavy (non-hydrogen) atoms. The van der Waals surface area contributed by atoms with E-state index in [-0.39, 0.29) is 17.6 Å². The number of hydrogen-bond donors (Lipinski definition) is 2. The van der Waals surface area contributed by atoms with Crippen LogP contribution >= 0.6 is 11.6 Å². The molecule has 120 valence electrons. The van der Waals surface area contributed by atoms with Crippen molar-refractivity contribution in [2.75, 3.05) is 5.32 Å². The number of benzene rings is 2. The van der Waals surface area contributed by atoms with Crippen molar-refractivity contribution in [1.29, 1.82) is 0 Å². The molecule has 2 N–H and O–H groups in total. The molecule has 1 unspecified atom stereocenters. The van der Waals surface area contributed by atoms with Gasteiger partial charge < -0.3 is 10.4 Å². The number of phenols is 1. The highest BCUT2D eigenvalue weighted by molar-refractivity contribution is 6.30. The van der Waals surface area contributed by atoms with Gasteiger partial charge in [0.25, 0.3) is 0 Å². The van der Waals surface area contributed by atoms with Gasteiger partial charge in [0.2, 0.25) is 5.91 Å². The first kappa shape index (κ1) is 14.8. The highest BCUT2D eigenvalue weighted by atomic mass is 35.5. The van der Waals surface area contributed by atoms with Gasteiger partial charge >= 0.3 is 0 Å². The van der Waals surface area contributed by atoms with Gasteiger partial charge in [-0.15, -0.1) is 0 Å². The van der Waals surface area contributed by atoms with Crippen LogP contribution in [0, 0.1) is 0 Å². The zero-order valence-corrected chi connectivity index (χ0v) is 13.4. The van der Waals surface area contributed by atoms with Crippen molar-refractivity contribution in [3.05, 3.63) is 70.9 Å². The number of nitrogens with zero attached hydrogens (tertiary/aromatic N) is 2. The Labute approximate surface area is 143 Å². The third kappa shape index (κ3) is 2.53. The molecule has 0 bridgehead atoms. The maximum atomic E-state index is 12.2. The summed E-state index contributed by atoms with van der Waals surface area (Å²) in [7, 11) is 0. The van der Waals surface area contributed by atoms with Crippen LogP contribution in [0.2, 0.25) is 5.02 Å². The Balaban J connectivity index is 1.80. The molecular weight excluding hydrogens is 326 g/mol. The minimum atomic E-state index is -0.0876. The van der Waals surface area contributed by atoms with E-state index >= 15 is 0 Å². The van der Waals surface area contributed by atoms with E-state index in [4.69, 9.17) is 11.6 Å². The monoisotopic (exact) mass is 339 g/mol. The Kier molecular flexibility index (Phi) is 3.50. The van der Waals surface area contributed by atoms with Gasteiger partial charge in [-0.2, -0.15) is 5.10 Å². The van der Waals surface area contributed by atoms with Crippen LogP contribution in [0.4, 0.5) is 5.82 Å². The third-order valence-corrected chi connectivity index (χ3v) is 4.44. The molecular formula is C18H14ClN3O2. The van der Waals surface area contributed by atoms with Crippen molar-refractivity contribution in [1.82, 2.24) is 9.78 Å². The van der Waals surface area contributed by atoms with Crippen LogP contribution in [0.5, 0.6) is 5.75 Å². The fourth-order valence-electron chi connectivity index (χ4n) is 3.00. The molecule has 1 aliphatic rings. The normalized spacial score (nSPS) is 16.5. The van der Waals surface area contributed by atoms with Crippen LogP contribution < -0.4 is 5.32 Å². The summed E-state index contributed by atoms with van der Waals surface area (Å²) >= 11 is 5.94. The van der Waals surface area contributed by atoms with Crippen LogP contribution in [0.25, 0.3) is 5.69 Å². The lowest BCUT2D eigenvalue weighted by atomic mass is 9.87. The number of anilines is 1. The molecule has 1 amide bonds. The molecule has 5 nitrogen and oxygen atoms in total. The largest absolute Gasteiger partial charge is 0.508 e. The minimum Gasteiger partial charge on any atom is -0.508 e. The first-order valence-electron chi connectivity index (χ1n) is 7.54. The molecule has 1 aromatic heterocycles. The van der Waals surface area contributed by atoms with Gasteiger partial charge in [-0.1, -0.05) is 23.7 Å². The second-order valence-corrected chi connectivity index (χ2v) is 6.17. The number of carbonyl (C=O) groups is 1. The van der Waals surface area contributed by atoms with Gasteiger partial charge in [0.15, 0.2) is 0 Å². The molecule has 0 radical (unpaired) electrons. The molecule has 1 aliphatic heterocycles. The first-order chi connectivity index (χ1) is 11.6. The fraction of sp³-hybridized carbons (Fsp3) is 0.111. The van der Waals surface area contributed by atoms with Crippen molar-refractivity contribution in [2.45, 2.75) is 12.3 Å². The second kappa shape index (κ2) is 5.69. The Morgan fingerprint density at radius 2 is 1.83 bits per heavy atom. The van der Waals surface area contributed by atoms with Crippen molar-refractivity contribution in [2.24, 2.45) is 0 Å². The number of nitrogens with one attached hydrogen (secondary N) is 1. The molecule has 0 saturated carbocycles. The predicted octanol–water partition coefficient (Wildman–Crippen LogP) is 3.71. The topological polar surface area (TPSA) is 67.1 Å². The number of phenolic OH excluding ortho intramolecular Hbond substituents is 1. The van der Waals surface area contributed by atoms with Gasteiger partial charge in [0.05, 0.1) is 11.9 Å². The van der Waals surface area contributed by atoms with Crippen molar-refractivity contribution >= 4 is 23.3 Å². The average Bonchev–Trinajstić information content (AvgIpc) is 2.99. The van der Waals surface area contributed by atoms with Gasteiger partial charge in [-0.3, -0.25) is 4.79 Å². The smallest absolute Gasteiger partial charge is 0.226 e. The molecule has 0 spiro atoms. The lowest BCUT2D eigenvalue weighted by molar-refractivity contribution is -0.116. The molecule has 0 aliphatic carbocycles. The van der Waals surface area contributed by atoms with E-state index in [1.165, 1.54) is 0 Å². The summed E-state index contributed by atoms with van der Waals surface area (Å²) in [5, 5.41) is 17.5. The number of aromatic nitrogens is 2. The summed E-state index contributed by atoms with van der Waals surface area (Å²) in [6.45, 7) is 0. The number of amides is 1. The van der Waals surface area contributed by atoms with Crippen LogP contribution in [-0.4, -0.2) is 20.8 Å². The Morgan fingerprint density at radius 1 is 1.12 bits per heavy atom. The molecule has 0 saturated heterocycles. The zero-order chi connectivity index (χ0) is 16.7. The predicted molar refractivity (Wildman–Crippen MR) is 91.8 cm³/mol. The molecule has 2 aromatic carbocycles. The summed E-state index contributed by atoms with van der Waals surface area (Å²) in [6, 6.07) is 14.2. The van der Waals surface area contributed by atoms with Gasteiger partial charge in [-0.25, -0.2) is 4.68 Å². The summed E-state index contributed by atoms with van der Waals surface area (Å²) in [5.74, 6) is 0.731. The molecule has 0 fully saturated rings. The Hall–Kier alpha value is -2.79. The highest BCUT2D eigenvalue weighted by Gasteiger charge is 2.30. The summed E-state index contributed by atoms with van der Waals surface area (Å²) in [5.41, 5.74) is 2.75. The lowest BCUT2D eigenvalue weighted by Gasteiger charge is -2.23. The van der Waals surface area contributed by atoms with Crippen LogP contribution in [0.1, 0.15) is 23.5 Å². The fourth-order valence-corrected chi connectivity index (χ4v) is 3.13. The van der Waals surface area contributed by atoms with E-state index in [1.807, 2.05) is 24.3 Å². The van der Waals surface area contributed by atoms with Gasteiger partial charge in [0, 0.05) is 22.9 Å². The highest BCUT2D eigenvalue weighted by Crippen LogP contribution is 2.38. The molecule has 2 heterocycles. The van der Waals surface area contributed by atoms with E-state index in [1.54, 1.807) is 35.1 Å². The quantitative estimate of drug-likeness (QED) is 0.748. The van der Waals surface area contributed by atoms with Crippen LogP contribution in [0.3, 0.4) is 0 Å². The number of hydrogen-bond acceptors (Lipinski definition) is 3. The molecule has 3 aromatic rings. The van der Waals surface area contributed by atoms with Crippen molar-refractivity contribution < 1.29 is 9.90 Å². The summed E-state index contributed by atoms with van der Waals surface area (Å²) in [4.78, 5) is 12.2. The van der Waals surface area contributed by atoms with E-state index in [0.717, 1.165) is 16.8 Å². The van der Waals surface area contributed by atoms with E-state index in [2.05, 4.69) is 10.4 Å². The van der Waals surface area contributed by atoms with Gasteiger partial charge in [-0.05, 0) is 42.0 Å². The van der Waals surface area contributed by atoms with Crippen LogP contribution in [-0.2, 0) is 4.79 Å². The van der Waals surface area contributed by atoms with E-state index in [0.29, 0.717) is 17.3 Å². The number of halogens is 1. The van der Waals surface area contributed by atoms with Gasteiger partial charge in [0.1, 0.15) is 11.6 Å². The summed E-state index contributed by atoms with van der Waals surface area (Å²) in [6.07, 6.45) is 2.13. The zero-order valence-electron chi connectivity index (χ0n) is 12.6. The number of carbonyl (C=O) groups excluding carboxylic acids is 1. The molecule has 6 heteroatoms. The van der Waals surface area contributed by atoms with E-state index < -0.39 is 0 Å². The Bertz CT molecular complexity index is 901. The summed E-state index contributed by atoms with van der Waals surface area (Å²) < 4.78 is 1.70. The van der Waals surface area contributed by atoms with Crippen molar-refractivity contribution in [3.8, 4) is 11.4 Å². The minimum absolute atomic E-state index is 0.0590. The number of aromatic hydroxyl groups is 1. The standard InChI is InChI=1S/C18H14ClN3O2/c19-12-3-5-13(6-4-12)22-18-16(10-20-22)15(9-17(24)21-18)11-1-7-14(23)8-2-11/h1-8,10,15,23H,9H2,(H,21,24). The number of rotatable bonds is 2. The maximum Gasteiger partial charge on any atom is 0.226 e. The SMILES string of the molecule is O=C1CC(c2ccc(O)cc2)c2cnn(-c3ccc(Cl)cc3)c2N1. The van der Waals surface area contributed by atoms with Crippen LogP contribution in [0.15, 0.2) is 54.7 Å². The first-order valence-corrected chi connectivity index (χ1v) is 7.92. The number of fused-ring (bicyclic) bond motifs is 1. The molecule has 1 atom stereocenters. The lowest BCUT2D eigenvalue weighted by Crippen LogP contribution is -2.24. The average molecular weight is 340 g/mol. The maximum absolute atomic E-state index is 12.2. The Morgan fingerprint density at radius 3 is 2.54 bits per heavy atom. The van der Waals surface area contributed by atoms with Crippen molar-refractivity contribution in [3.63, 3.8) is 0 Å². The second-order valence-electron chi connectivity index (χ2n) is 5.73.